The lowest BCUT2D eigenvalue weighted by molar-refractivity contribution is 0.567. The summed E-state index contributed by atoms with van der Waals surface area (Å²) in [7, 11) is 0. The Morgan fingerprint density at radius 3 is 1.12 bits per heavy atom. The van der Waals surface area contributed by atoms with Crippen LogP contribution in [0.4, 0.5) is 0 Å². The summed E-state index contributed by atoms with van der Waals surface area (Å²) in [5.41, 5.74) is 5.12. The summed E-state index contributed by atoms with van der Waals surface area (Å²) < 4.78 is 4.58. The van der Waals surface area contributed by atoms with Crippen molar-refractivity contribution in [2.45, 2.75) is 6.42 Å². The predicted octanol–water partition coefficient (Wildman–Crippen LogP) is 16.0. The number of allylic oxidation sites excluding steroid dienone is 4. The van der Waals surface area contributed by atoms with Gasteiger partial charge in [-0.25, -0.2) is 0 Å². The highest BCUT2D eigenvalue weighted by Crippen LogP contribution is 2.10. The molecule has 12 heteroatoms. The molecule has 13 aromatic rings. The smallest absolute Gasteiger partial charge is 0.0902 e. The average molecular weight is 996 g/mol. The lowest BCUT2D eigenvalue weighted by Gasteiger charge is -1.91. The van der Waals surface area contributed by atoms with Gasteiger partial charge in [-0.05, 0) is 120 Å². The van der Waals surface area contributed by atoms with E-state index in [4.69, 9.17) is 0 Å². The van der Waals surface area contributed by atoms with Crippen molar-refractivity contribution in [2.75, 3.05) is 0 Å². The number of aromatic nitrogens is 9. The van der Waals surface area contributed by atoms with Crippen LogP contribution in [0.2, 0.25) is 0 Å². The summed E-state index contributed by atoms with van der Waals surface area (Å²) in [4.78, 5) is 26.6. The molecule has 0 radical (unpaired) electrons. The van der Waals surface area contributed by atoms with Gasteiger partial charge >= 0.3 is 0 Å². The molecule has 0 saturated heterocycles. The van der Waals surface area contributed by atoms with Crippen LogP contribution in [0.1, 0.15) is 6.42 Å². The average Bonchev–Trinajstić information content (AvgIpc) is 4.37. The minimum absolute atomic E-state index is 1.06. The summed E-state index contributed by atoms with van der Waals surface area (Å²) in [6.07, 6.45) is 33.9. The number of rotatable bonds is 0. The van der Waals surface area contributed by atoms with E-state index in [0.29, 0.717) is 0 Å². The zero-order chi connectivity index (χ0) is 50.8. The molecule has 14 rings (SSSR count). The molecule has 0 saturated carbocycles. The lowest BCUT2D eigenvalue weighted by atomic mass is 10.2. The van der Waals surface area contributed by atoms with E-state index < -0.39 is 0 Å². The van der Waals surface area contributed by atoms with Gasteiger partial charge in [0.2, 0.25) is 0 Å². The fourth-order valence-corrected chi connectivity index (χ4v) is 6.05. The van der Waals surface area contributed by atoms with Gasteiger partial charge < -0.3 is 9.40 Å². The van der Waals surface area contributed by atoms with Gasteiger partial charge in [0.05, 0.1) is 29.1 Å². The molecule has 0 atom stereocenters. The van der Waals surface area contributed by atoms with Crippen LogP contribution in [-0.2, 0) is 0 Å². The number of thiophene rings is 1. The van der Waals surface area contributed by atoms with Crippen LogP contribution in [0, 0.1) is 0 Å². The summed E-state index contributed by atoms with van der Waals surface area (Å²) >= 11 is 3.31. The maximum absolute atomic E-state index is 4.58. The molecule has 1 aliphatic carbocycles. The molecular weight excluding hydrogens is 939 g/mol. The number of fused-ring (bicyclic) bond motifs is 3. The van der Waals surface area contributed by atoms with E-state index in [1.807, 2.05) is 186 Å². The highest BCUT2D eigenvalue weighted by Gasteiger charge is 1.88. The van der Waals surface area contributed by atoms with Crippen molar-refractivity contribution in [1.82, 2.24) is 45.1 Å². The number of para-hydroxylation sites is 3. The number of furan rings is 1. The first-order valence-corrected chi connectivity index (χ1v) is 24.7. The number of hydrogen-bond acceptors (Lipinski definition) is 11. The largest absolute Gasteiger partial charge is 0.473 e. The number of H-pyrrole nitrogens is 1. The molecule has 1 aliphatic rings. The summed E-state index contributed by atoms with van der Waals surface area (Å²) in [6.45, 7) is 0. The third-order valence-electron chi connectivity index (χ3n) is 8.52. The van der Waals surface area contributed by atoms with Crippen LogP contribution in [-0.4, -0.2) is 45.1 Å². The Kier molecular flexibility index (Phi) is 32.0. The fraction of sp³-hybridized carbons (Fsp3) is 0.0164. The van der Waals surface area contributed by atoms with Crippen LogP contribution in [0.15, 0.2) is 331 Å². The van der Waals surface area contributed by atoms with Crippen LogP contribution >= 0.6 is 22.7 Å². The molecular formula is C61H57N9OS2. The number of pyridine rings is 5. The van der Waals surface area contributed by atoms with Crippen molar-refractivity contribution in [1.29, 1.82) is 0 Å². The number of aromatic amines is 1. The zero-order valence-electron chi connectivity index (χ0n) is 40.2. The second kappa shape index (κ2) is 41.6. The van der Waals surface area contributed by atoms with Gasteiger partial charge in [-0.3, -0.25) is 29.9 Å². The molecule has 73 heavy (non-hydrogen) atoms. The van der Waals surface area contributed by atoms with E-state index in [1.54, 1.807) is 96.5 Å². The summed E-state index contributed by atoms with van der Waals surface area (Å²) in [5, 5.41) is 16.8. The monoisotopic (exact) mass is 995 g/mol. The van der Waals surface area contributed by atoms with Gasteiger partial charge in [0.25, 0.3) is 0 Å². The van der Waals surface area contributed by atoms with Gasteiger partial charge in [0, 0.05) is 96.0 Å². The van der Waals surface area contributed by atoms with E-state index in [1.165, 1.54) is 21.7 Å². The SMILES string of the molecule is C1=CCC=C1.c1ccc2[nH]ccc2c1.c1ccc2ncccc2c1.c1ccc2ncccc2c1.c1ccncc1.c1ccncc1.c1ccncc1.c1ccnnc1.c1ccoc1.c1ccsc1.c1cscn1. The van der Waals surface area contributed by atoms with Crippen molar-refractivity contribution in [3.8, 4) is 0 Å². The third kappa shape index (κ3) is 30.0. The molecule has 0 bridgehead atoms. The quantitative estimate of drug-likeness (QED) is 0.158. The summed E-state index contributed by atoms with van der Waals surface area (Å²) in [6, 6.07) is 63.0. The Morgan fingerprint density at radius 2 is 0.822 bits per heavy atom. The van der Waals surface area contributed by atoms with E-state index in [-0.39, 0.29) is 0 Å². The molecule has 0 amide bonds. The molecule has 0 spiro atoms. The lowest BCUT2D eigenvalue weighted by Crippen LogP contribution is -1.73. The molecule has 1 N–H and O–H groups in total. The number of nitrogens with one attached hydrogen (secondary N) is 1. The molecule has 10 aromatic heterocycles. The van der Waals surface area contributed by atoms with Gasteiger partial charge in [-0.15, -0.1) is 11.3 Å². The second-order valence-electron chi connectivity index (χ2n) is 13.8. The Labute approximate surface area is 435 Å². The Morgan fingerprint density at radius 1 is 0.356 bits per heavy atom. The topological polar surface area (TPSA) is 132 Å². The molecule has 364 valence electrons. The van der Waals surface area contributed by atoms with Crippen LogP contribution in [0.25, 0.3) is 32.7 Å². The number of benzene rings is 3. The number of hydrogen-bond donors (Lipinski definition) is 1. The normalized spacial score (nSPS) is 9.48. The minimum atomic E-state index is 1.06. The van der Waals surface area contributed by atoms with Crippen molar-refractivity contribution >= 4 is 55.4 Å². The van der Waals surface area contributed by atoms with Crippen molar-refractivity contribution in [2.24, 2.45) is 0 Å². The first kappa shape index (κ1) is 56.2. The molecule has 0 aliphatic heterocycles. The molecule has 3 aromatic carbocycles. The molecule has 0 fully saturated rings. The highest BCUT2D eigenvalue weighted by atomic mass is 32.1. The van der Waals surface area contributed by atoms with E-state index in [2.05, 4.69) is 116 Å². The molecule has 0 unspecified atom stereocenters. The van der Waals surface area contributed by atoms with Gasteiger partial charge in [0.15, 0.2) is 0 Å². The molecule has 10 heterocycles. The Bertz CT molecular complexity index is 2570. The van der Waals surface area contributed by atoms with Gasteiger partial charge in [-0.1, -0.05) is 121 Å². The van der Waals surface area contributed by atoms with Gasteiger partial charge in [-0.2, -0.15) is 21.5 Å². The van der Waals surface area contributed by atoms with Gasteiger partial charge in [0.1, 0.15) is 0 Å². The maximum Gasteiger partial charge on any atom is 0.0902 e. The van der Waals surface area contributed by atoms with Crippen LogP contribution in [0.5, 0.6) is 0 Å². The van der Waals surface area contributed by atoms with E-state index in [0.717, 1.165) is 17.5 Å². The fourth-order valence-electron chi connectivity index (χ4n) is 5.24. The first-order valence-electron chi connectivity index (χ1n) is 22.9. The maximum atomic E-state index is 4.58. The highest BCUT2D eigenvalue weighted by molar-refractivity contribution is 7.07. The first-order chi connectivity index (χ1) is 36.4. The Hall–Kier alpha value is -9.36. The van der Waals surface area contributed by atoms with E-state index in [9.17, 15) is 0 Å². The van der Waals surface area contributed by atoms with Crippen LogP contribution in [0.3, 0.4) is 0 Å². The second-order valence-corrected chi connectivity index (χ2v) is 15.4. The molecule has 10 nitrogen and oxygen atoms in total. The number of nitrogens with zero attached hydrogens (tertiary/aromatic N) is 8. The third-order valence-corrected chi connectivity index (χ3v) is 9.67. The number of thiazole rings is 1. The Balaban J connectivity index is 0.000000176. The van der Waals surface area contributed by atoms with E-state index >= 15 is 0 Å². The standard InChI is InChI=1S/2C9H7N.C8H7N.3C5H5N.C5H6.C4H4N2.C4H4O.C4H4S.C3H3NS/c2*1-2-6-9-8(4-1)5-3-7-10-9;1-2-4-8-7(3-1)5-6-9-8;3*1-2-4-6-5-3-1;1-2-4-5-3-1;1-2-4-6-5-3-1;2*1-2-4-5-3-1;1-2-5-3-4-1/h2*1-7H;1-6,9H;3*1-5H;1-4H,5H2;1-4H;2*1-4H;1-3H. The minimum Gasteiger partial charge on any atom is -0.473 e. The summed E-state index contributed by atoms with van der Waals surface area (Å²) in [5.74, 6) is 0. The van der Waals surface area contributed by atoms with Crippen LogP contribution < -0.4 is 0 Å². The van der Waals surface area contributed by atoms with Crippen molar-refractivity contribution in [3.05, 3.63) is 327 Å². The predicted molar refractivity (Wildman–Crippen MR) is 305 cm³/mol. The zero-order valence-corrected chi connectivity index (χ0v) is 41.8. The van der Waals surface area contributed by atoms with Crippen molar-refractivity contribution in [3.63, 3.8) is 0 Å². The van der Waals surface area contributed by atoms with Crippen molar-refractivity contribution < 1.29 is 4.42 Å².